The van der Waals surface area contributed by atoms with E-state index >= 15 is 0 Å². The van der Waals surface area contributed by atoms with Crippen LogP contribution >= 0.6 is 23.8 Å². The molecule has 2 heterocycles. The van der Waals surface area contributed by atoms with Crippen LogP contribution in [0.2, 0.25) is 5.02 Å². The summed E-state index contributed by atoms with van der Waals surface area (Å²) in [5, 5.41) is 8.05. The van der Waals surface area contributed by atoms with Gasteiger partial charge in [-0.2, -0.15) is 5.10 Å². The SMILES string of the molecule is CCCCn1c(-c2ccc(Cl)cc2)nn(CCC(=O)NCC(=O)N2CCCC2)c1=S. The quantitative estimate of drug-likeness (QED) is 0.593. The third kappa shape index (κ3) is 5.70. The minimum atomic E-state index is -0.180. The van der Waals surface area contributed by atoms with Gasteiger partial charge in [0.05, 0.1) is 13.1 Å². The number of benzene rings is 1. The van der Waals surface area contributed by atoms with Crippen molar-refractivity contribution < 1.29 is 9.59 Å². The first-order valence-corrected chi connectivity index (χ1v) is 11.3. The van der Waals surface area contributed by atoms with Crippen LogP contribution in [-0.2, 0) is 22.7 Å². The zero-order valence-electron chi connectivity index (χ0n) is 17.3. The highest BCUT2D eigenvalue weighted by molar-refractivity contribution is 7.71. The fourth-order valence-electron chi connectivity index (χ4n) is 3.47. The summed E-state index contributed by atoms with van der Waals surface area (Å²) in [6.07, 6.45) is 4.32. The molecule has 1 N–H and O–H groups in total. The number of hydrogen-bond donors (Lipinski definition) is 1. The summed E-state index contributed by atoms with van der Waals surface area (Å²) >= 11 is 11.6. The Kier molecular flexibility index (Phi) is 8.04. The van der Waals surface area contributed by atoms with Crippen LogP contribution in [0.1, 0.15) is 39.0 Å². The van der Waals surface area contributed by atoms with E-state index < -0.39 is 0 Å². The van der Waals surface area contributed by atoms with Crippen molar-refractivity contribution in [2.75, 3.05) is 19.6 Å². The summed E-state index contributed by atoms with van der Waals surface area (Å²) in [7, 11) is 0. The maximum absolute atomic E-state index is 12.2. The first kappa shape index (κ1) is 22.5. The molecule has 1 saturated heterocycles. The van der Waals surface area contributed by atoms with Gasteiger partial charge in [-0.25, -0.2) is 4.68 Å². The van der Waals surface area contributed by atoms with Crippen LogP contribution in [0.3, 0.4) is 0 Å². The molecule has 2 aromatic rings. The molecule has 1 aromatic heterocycles. The Morgan fingerprint density at radius 1 is 1.17 bits per heavy atom. The number of aryl methyl sites for hydroxylation is 1. The molecule has 0 aliphatic carbocycles. The average molecular weight is 450 g/mol. The number of unbranched alkanes of at least 4 members (excludes halogenated alkanes) is 1. The van der Waals surface area contributed by atoms with Crippen molar-refractivity contribution in [1.29, 1.82) is 0 Å². The molecule has 3 rings (SSSR count). The van der Waals surface area contributed by atoms with Gasteiger partial charge >= 0.3 is 0 Å². The van der Waals surface area contributed by atoms with Gasteiger partial charge in [0.2, 0.25) is 11.8 Å². The van der Waals surface area contributed by atoms with Crippen molar-refractivity contribution in [2.24, 2.45) is 0 Å². The number of amides is 2. The molecular formula is C21H28ClN5O2S. The highest BCUT2D eigenvalue weighted by atomic mass is 35.5. The lowest BCUT2D eigenvalue weighted by Gasteiger charge is -2.15. The highest BCUT2D eigenvalue weighted by Gasteiger charge is 2.18. The minimum absolute atomic E-state index is 0.0219. The molecule has 162 valence electrons. The van der Waals surface area contributed by atoms with Gasteiger partial charge < -0.3 is 10.2 Å². The van der Waals surface area contributed by atoms with Crippen molar-refractivity contribution in [3.8, 4) is 11.4 Å². The summed E-state index contributed by atoms with van der Waals surface area (Å²) in [6, 6.07) is 7.49. The summed E-state index contributed by atoms with van der Waals surface area (Å²) in [6.45, 7) is 4.88. The van der Waals surface area contributed by atoms with E-state index in [9.17, 15) is 9.59 Å². The molecule has 1 aliphatic rings. The van der Waals surface area contributed by atoms with E-state index in [0.717, 1.165) is 56.7 Å². The third-order valence-electron chi connectivity index (χ3n) is 5.21. The van der Waals surface area contributed by atoms with Gasteiger partial charge in [-0.05, 0) is 55.7 Å². The summed E-state index contributed by atoms with van der Waals surface area (Å²) in [5.74, 6) is 0.571. The van der Waals surface area contributed by atoms with E-state index in [1.54, 1.807) is 9.58 Å². The van der Waals surface area contributed by atoms with Crippen LogP contribution in [0.15, 0.2) is 24.3 Å². The second-order valence-corrected chi connectivity index (χ2v) is 8.26. The van der Waals surface area contributed by atoms with Crippen molar-refractivity contribution >= 4 is 35.6 Å². The number of nitrogens with one attached hydrogen (secondary N) is 1. The number of hydrogen-bond acceptors (Lipinski definition) is 4. The Morgan fingerprint density at radius 2 is 1.87 bits per heavy atom. The zero-order valence-corrected chi connectivity index (χ0v) is 18.8. The average Bonchev–Trinajstić information content (AvgIpc) is 3.38. The standard InChI is InChI=1S/C21H28ClN5O2S/c1-2-3-13-26-20(16-6-8-17(22)9-7-16)24-27(21(26)30)14-10-18(28)23-15-19(29)25-11-4-5-12-25/h6-9H,2-5,10-15H2,1H3,(H,23,28). The molecule has 0 radical (unpaired) electrons. The molecule has 1 fully saturated rings. The smallest absolute Gasteiger partial charge is 0.241 e. The molecule has 0 bridgehead atoms. The number of carbonyl (C=O) groups excluding carboxylic acids is 2. The number of carbonyl (C=O) groups is 2. The van der Waals surface area contributed by atoms with Gasteiger partial charge in [-0.1, -0.05) is 24.9 Å². The monoisotopic (exact) mass is 449 g/mol. The zero-order chi connectivity index (χ0) is 21.5. The molecule has 30 heavy (non-hydrogen) atoms. The van der Waals surface area contributed by atoms with Crippen LogP contribution < -0.4 is 5.32 Å². The predicted molar refractivity (Wildman–Crippen MR) is 120 cm³/mol. The number of rotatable bonds is 9. The summed E-state index contributed by atoms with van der Waals surface area (Å²) in [5.41, 5.74) is 0.931. The number of likely N-dealkylation sites (tertiary alicyclic amines) is 1. The van der Waals surface area contributed by atoms with Crippen molar-refractivity contribution in [3.05, 3.63) is 34.1 Å². The first-order chi connectivity index (χ1) is 14.5. The largest absolute Gasteiger partial charge is 0.347 e. The molecule has 2 amide bonds. The van der Waals surface area contributed by atoms with Gasteiger partial charge in [-0.15, -0.1) is 0 Å². The maximum Gasteiger partial charge on any atom is 0.241 e. The normalized spacial score (nSPS) is 13.6. The van der Waals surface area contributed by atoms with Crippen molar-refractivity contribution in [2.45, 2.75) is 52.1 Å². The van der Waals surface area contributed by atoms with E-state index in [0.29, 0.717) is 16.3 Å². The van der Waals surface area contributed by atoms with Crippen LogP contribution in [-0.4, -0.2) is 50.7 Å². The van der Waals surface area contributed by atoms with E-state index in [-0.39, 0.29) is 24.8 Å². The number of aromatic nitrogens is 3. The van der Waals surface area contributed by atoms with Crippen LogP contribution in [0.4, 0.5) is 0 Å². The van der Waals surface area contributed by atoms with Gasteiger partial charge in [-0.3, -0.25) is 14.2 Å². The molecular weight excluding hydrogens is 422 g/mol. The molecule has 9 heteroatoms. The fraction of sp³-hybridized carbons (Fsp3) is 0.524. The lowest BCUT2D eigenvalue weighted by Crippen LogP contribution is -2.38. The highest BCUT2D eigenvalue weighted by Crippen LogP contribution is 2.21. The van der Waals surface area contributed by atoms with Gasteiger partial charge in [0.15, 0.2) is 10.6 Å². The van der Waals surface area contributed by atoms with E-state index in [4.69, 9.17) is 23.8 Å². The Balaban J connectivity index is 1.64. The van der Waals surface area contributed by atoms with Gasteiger partial charge in [0, 0.05) is 36.6 Å². The second-order valence-electron chi connectivity index (χ2n) is 7.46. The summed E-state index contributed by atoms with van der Waals surface area (Å²) in [4.78, 5) is 26.1. The third-order valence-corrected chi connectivity index (χ3v) is 5.89. The fourth-order valence-corrected chi connectivity index (χ4v) is 3.90. The minimum Gasteiger partial charge on any atom is -0.347 e. The number of nitrogens with zero attached hydrogens (tertiary/aromatic N) is 4. The molecule has 0 saturated carbocycles. The molecule has 0 atom stereocenters. The van der Waals surface area contributed by atoms with E-state index in [1.807, 2.05) is 28.8 Å². The van der Waals surface area contributed by atoms with E-state index in [1.165, 1.54) is 0 Å². The van der Waals surface area contributed by atoms with Gasteiger partial charge in [0.25, 0.3) is 0 Å². The van der Waals surface area contributed by atoms with E-state index in [2.05, 4.69) is 17.3 Å². The van der Waals surface area contributed by atoms with Crippen molar-refractivity contribution in [3.63, 3.8) is 0 Å². The summed E-state index contributed by atoms with van der Waals surface area (Å²) < 4.78 is 4.29. The maximum atomic E-state index is 12.2. The molecule has 1 aromatic carbocycles. The molecule has 7 nitrogen and oxygen atoms in total. The topological polar surface area (TPSA) is 72.2 Å². The Labute approximate surface area is 187 Å². The second kappa shape index (κ2) is 10.7. The van der Waals surface area contributed by atoms with Crippen LogP contribution in [0.5, 0.6) is 0 Å². The van der Waals surface area contributed by atoms with Gasteiger partial charge in [0.1, 0.15) is 0 Å². The molecule has 1 aliphatic heterocycles. The van der Waals surface area contributed by atoms with Crippen molar-refractivity contribution in [1.82, 2.24) is 24.6 Å². The van der Waals surface area contributed by atoms with Crippen LogP contribution in [0.25, 0.3) is 11.4 Å². The Bertz CT molecular complexity index is 932. The Morgan fingerprint density at radius 3 is 2.53 bits per heavy atom. The lowest BCUT2D eigenvalue weighted by molar-refractivity contribution is -0.132. The first-order valence-electron chi connectivity index (χ1n) is 10.5. The van der Waals surface area contributed by atoms with Crippen LogP contribution in [0, 0.1) is 4.77 Å². The molecule has 0 unspecified atom stereocenters. The molecule has 0 spiro atoms. The predicted octanol–water partition coefficient (Wildman–Crippen LogP) is 3.66. The number of halogens is 1. The Hall–Kier alpha value is -2.19. The lowest BCUT2D eigenvalue weighted by atomic mass is 10.2.